The van der Waals surface area contributed by atoms with E-state index in [1.165, 1.54) is 9.79 Å². The number of nitrogens with zero attached hydrogens (tertiary/aromatic N) is 6. The van der Waals surface area contributed by atoms with E-state index in [9.17, 15) is 0 Å². The Morgan fingerprint density at radius 1 is 0.424 bits per heavy atom. The van der Waals surface area contributed by atoms with Gasteiger partial charge in [0.2, 0.25) is 0 Å². The summed E-state index contributed by atoms with van der Waals surface area (Å²) in [4.78, 5) is 51.1. The first-order valence-electron chi connectivity index (χ1n) is 24.5. The van der Waals surface area contributed by atoms with E-state index in [-0.39, 0.29) is 11.8 Å². The molecule has 4 saturated heterocycles. The van der Waals surface area contributed by atoms with Crippen molar-refractivity contribution in [1.29, 1.82) is 0 Å². The summed E-state index contributed by atoms with van der Waals surface area (Å²) < 4.78 is 0. The number of piperidine rings is 4. The van der Waals surface area contributed by atoms with E-state index < -0.39 is 0 Å². The van der Waals surface area contributed by atoms with Crippen LogP contribution in [0.5, 0.6) is 0 Å². The van der Waals surface area contributed by atoms with Crippen molar-refractivity contribution >= 4 is 56.9 Å². The fraction of sp³-hybridized carbons (Fsp3) is 0.519. The predicted molar refractivity (Wildman–Crippen MR) is 278 cm³/mol. The van der Waals surface area contributed by atoms with Gasteiger partial charge in [-0.2, -0.15) is 0 Å². The molecule has 4 heterocycles. The van der Waals surface area contributed by atoms with Crippen molar-refractivity contribution in [2.45, 2.75) is 80.7 Å². The fourth-order valence-corrected chi connectivity index (χ4v) is 14.3. The molecule has 354 valence electrons. The van der Waals surface area contributed by atoms with Crippen LogP contribution < -0.4 is 0 Å². The molecule has 0 bridgehead atoms. The summed E-state index contributed by atoms with van der Waals surface area (Å²) in [6.07, 6.45) is 8.99. The van der Waals surface area contributed by atoms with Crippen LogP contribution in [0.3, 0.4) is 0 Å². The van der Waals surface area contributed by atoms with Crippen molar-refractivity contribution in [3.05, 3.63) is 108 Å². The Labute approximate surface area is 412 Å². The number of hydrogen-bond donors (Lipinski definition) is 0. The molecule has 0 spiro atoms. The Hall–Kier alpha value is -2.94. The minimum absolute atomic E-state index is 0.138. The number of hydrogen-bond acceptors (Lipinski definition) is 10. The number of benzene rings is 4. The summed E-state index contributed by atoms with van der Waals surface area (Å²) in [5.41, 5.74) is 1.53. The van der Waals surface area contributed by atoms with Gasteiger partial charge >= 0.3 is 0 Å². The molecule has 0 saturated carbocycles. The smallest absolute Gasteiger partial charge is 0.255 e. The quantitative estimate of drug-likeness (QED) is 0.0957. The van der Waals surface area contributed by atoms with Crippen LogP contribution in [-0.2, 0) is 0 Å². The van der Waals surface area contributed by atoms with Crippen LogP contribution >= 0.6 is 45.1 Å². The molecular formula is C54H72N6O2S4. The predicted octanol–water partition coefficient (Wildman–Crippen LogP) is 11.0. The van der Waals surface area contributed by atoms with E-state index in [1.54, 1.807) is 45.1 Å². The van der Waals surface area contributed by atoms with Crippen molar-refractivity contribution < 1.29 is 9.59 Å². The zero-order valence-corrected chi connectivity index (χ0v) is 43.1. The van der Waals surface area contributed by atoms with Gasteiger partial charge in [-0.05, 0) is 216 Å². The molecule has 0 aliphatic carbocycles. The molecule has 0 atom stereocenters. The number of rotatable bonds is 17. The topological polar surface area (TPSA) is 53.6 Å². The van der Waals surface area contributed by atoms with Gasteiger partial charge in [0.1, 0.15) is 0 Å². The van der Waals surface area contributed by atoms with E-state index in [2.05, 4.69) is 155 Å². The third-order valence-electron chi connectivity index (χ3n) is 14.4. The van der Waals surface area contributed by atoms with Crippen LogP contribution in [0, 0.1) is 23.7 Å². The second-order valence-electron chi connectivity index (χ2n) is 19.7. The second kappa shape index (κ2) is 24.6. The zero-order valence-electron chi connectivity index (χ0n) is 39.8. The highest BCUT2D eigenvalue weighted by Crippen LogP contribution is 2.45. The molecule has 4 aromatic rings. The van der Waals surface area contributed by atoms with Crippen LogP contribution in [0.4, 0.5) is 0 Å². The van der Waals surface area contributed by atoms with Crippen LogP contribution in [0.2, 0.25) is 0 Å². The second-order valence-corrected chi connectivity index (χ2v) is 24.2. The Bertz CT molecular complexity index is 1950. The van der Waals surface area contributed by atoms with E-state index in [0.29, 0.717) is 23.7 Å². The lowest BCUT2D eigenvalue weighted by Crippen LogP contribution is -2.44. The van der Waals surface area contributed by atoms with Crippen LogP contribution in [0.15, 0.2) is 126 Å². The molecular weight excluding hydrogens is 893 g/mol. The summed E-state index contributed by atoms with van der Waals surface area (Å²) in [5, 5.41) is 0. The van der Waals surface area contributed by atoms with Crippen molar-refractivity contribution in [2.75, 3.05) is 107 Å². The molecule has 4 fully saturated rings. The largest absolute Gasteiger partial charge is 0.338 e. The maximum atomic E-state index is 15.3. The minimum Gasteiger partial charge on any atom is -0.338 e. The van der Waals surface area contributed by atoms with Gasteiger partial charge in [0, 0.05) is 55.6 Å². The number of amides is 2. The summed E-state index contributed by atoms with van der Waals surface area (Å²) >= 11 is 3.46. The minimum atomic E-state index is 0.138. The van der Waals surface area contributed by atoms with E-state index in [1.807, 2.05) is 0 Å². The monoisotopic (exact) mass is 964 g/mol. The number of likely N-dealkylation sites (tertiary alicyclic amines) is 4. The van der Waals surface area contributed by atoms with Gasteiger partial charge in [-0.1, -0.05) is 81.5 Å². The van der Waals surface area contributed by atoms with Crippen LogP contribution in [0.1, 0.15) is 72.1 Å². The van der Waals surface area contributed by atoms with Gasteiger partial charge < -0.3 is 29.4 Å². The Morgan fingerprint density at radius 2 is 0.712 bits per heavy atom. The standard InChI is InChI=1S/C54H72N6O2S4/c1-55-27-19-41(20-28-55)37-59(38-42-21-29-56(2)30-22-42)53(61)49-17-15-47(63-45-11-7-5-8-12-45)35-51(49)65-66-52-36-48(64-46-13-9-6-10-14-46)16-18-50(52)54(62)60(39-43-23-31-57(3)32-24-43)40-44-25-33-58(4)34-26-44/h5-18,35-36,41-44H,19-34,37-40H2,1-4H3. The molecule has 12 heteroatoms. The normalized spacial score (nSPS) is 19.3. The van der Waals surface area contributed by atoms with Gasteiger partial charge in [0.05, 0.1) is 11.1 Å². The highest BCUT2D eigenvalue weighted by Gasteiger charge is 2.31. The Balaban J connectivity index is 1.12. The third-order valence-corrected chi connectivity index (χ3v) is 18.8. The SMILES string of the molecule is CN1CCC(CN(CC2CCN(C)CC2)C(=O)c2ccc(Sc3ccccc3)cc2SSc2cc(Sc3ccccc3)ccc2C(=O)N(CC2CCN(C)CC2)CC2CCN(C)CC2)CC1. The molecule has 4 aromatic carbocycles. The molecule has 66 heavy (non-hydrogen) atoms. The molecule has 0 unspecified atom stereocenters. The van der Waals surface area contributed by atoms with Crippen molar-refractivity contribution in [3.63, 3.8) is 0 Å². The summed E-state index contributed by atoms with van der Waals surface area (Å²) in [6, 6.07) is 33.9. The van der Waals surface area contributed by atoms with Crippen molar-refractivity contribution in [1.82, 2.24) is 29.4 Å². The van der Waals surface area contributed by atoms with Gasteiger partial charge in [0.15, 0.2) is 0 Å². The lowest BCUT2D eigenvalue weighted by molar-refractivity contribution is 0.0621. The molecule has 4 aliphatic rings. The maximum absolute atomic E-state index is 15.3. The Morgan fingerprint density at radius 3 is 1.00 bits per heavy atom. The molecule has 2 amide bonds. The van der Waals surface area contributed by atoms with Gasteiger partial charge in [0.25, 0.3) is 11.8 Å². The van der Waals surface area contributed by atoms with Crippen molar-refractivity contribution in [3.8, 4) is 0 Å². The van der Waals surface area contributed by atoms with Gasteiger partial charge in [-0.15, -0.1) is 0 Å². The van der Waals surface area contributed by atoms with Crippen LogP contribution in [0.25, 0.3) is 0 Å². The molecule has 0 aromatic heterocycles. The fourth-order valence-electron chi connectivity index (χ4n) is 10.0. The van der Waals surface area contributed by atoms with Crippen molar-refractivity contribution in [2.24, 2.45) is 23.7 Å². The maximum Gasteiger partial charge on any atom is 0.255 e. The molecule has 8 rings (SSSR count). The van der Waals surface area contributed by atoms with Gasteiger partial charge in [-0.25, -0.2) is 0 Å². The van der Waals surface area contributed by atoms with E-state index in [0.717, 1.165) is 161 Å². The third kappa shape index (κ3) is 14.3. The average Bonchev–Trinajstić information content (AvgIpc) is 3.33. The average molecular weight is 965 g/mol. The summed E-state index contributed by atoms with van der Waals surface area (Å²) in [7, 11) is 12.1. The number of carbonyl (C=O) groups excluding carboxylic acids is 2. The van der Waals surface area contributed by atoms with Crippen LogP contribution in [-0.4, -0.2) is 148 Å². The van der Waals surface area contributed by atoms with E-state index >= 15 is 9.59 Å². The molecule has 0 N–H and O–H groups in total. The summed E-state index contributed by atoms with van der Waals surface area (Å²) in [6.45, 7) is 11.9. The molecule has 0 radical (unpaired) electrons. The van der Waals surface area contributed by atoms with E-state index in [4.69, 9.17) is 0 Å². The lowest BCUT2D eigenvalue weighted by Gasteiger charge is -2.37. The first-order chi connectivity index (χ1) is 32.1. The van der Waals surface area contributed by atoms with Gasteiger partial charge in [-0.3, -0.25) is 9.59 Å². The first-order valence-corrected chi connectivity index (χ1v) is 28.3. The highest BCUT2D eigenvalue weighted by atomic mass is 33.1. The first kappa shape index (κ1) is 49.5. The molecule has 4 aliphatic heterocycles. The Kier molecular flexibility index (Phi) is 18.4. The summed E-state index contributed by atoms with van der Waals surface area (Å²) in [5.74, 6) is 2.28. The number of carbonyl (C=O) groups is 2. The molecule has 8 nitrogen and oxygen atoms in total. The zero-order chi connectivity index (χ0) is 45.8. The lowest BCUT2D eigenvalue weighted by atomic mass is 9.93. The highest BCUT2D eigenvalue weighted by molar-refractivity contribution is 8.76.